The van der Waals surface area contributed by atoms with Crippen LogP contribution in [0.25, 0.3) is 0 Å². The lowest BCUT2D eigenvalue weighted by Crippen LogP contribution is -2.30. The summed E-state index contributed by atoms with van der Waals surface area (Å²) in [6.07, 6.45) is 0. The van der Waals surface area contributed by atoms with Crippen molar-refractivity contribution < 1.29 is 14.1 Å². The molecule has 0 aliphatic carbocycles. The van der Waals surface area contributed by atoms with Crippen LogP contribution in [0.4, 0.5) is 0 Å². The van der Waals surface area contributed by atoms with Crippen molar-refractivity contribution in [2.45, 2.75) is 13.5 Å². The first-order chi connectivity index (χ1) is 9.10. The van der Waals surface area contributed by atoms with E-state index < -0.39 is 5.91 Å². The lowest BCUT2D eigenvalue weighted by atomic mass is 10.2. The first-order valence-corrected chi connectivity index (χ1v) is 5.83. The number of aromatic nitrogens is 1. The van der Waals surface area contributed by atoms with Crippen LogP contribution in [0.15, 0.2) is 28.8 Å². The van der Waals surface area contributed by atoms with E-state index in [0.29, 0.717) is 16.5 Å². The highest BCUT2D eigenvalue weighted by molar-refractivity contribution is 6.31. The second-order valence-corrected chi connectivity index (χ2v) is 4.26. The fourth-order valence-corrected chi connectivity index (χ4v) is 1.54. The van der Waals surface area contributed by atoms with Gasteiger partial charge in [0, 0.05) is 11.1 Å². The van der Waals surface area contributed by atoms with Crippen molar-refractivity contribution >= 4 is 17.5 Å². The first-order valence-electron chi connectivity index (χ1n) is 5.45. The maximum absolute atomic E-state index is 11.2. The molecule has 7 heteroatoms. The molecule has 0 spiro atoms. The smallest absolute Gasteiger partial charge is 0.287 e. The zero-order valence-corrected chi connectivity index (χ0v) is 10.9. The van der Waals surface area contributed by atoms with Crippen LogP contribution in [0.2, 0.25) is 5.02 Å². The number of rotatable bonds is 4. The summed E-state index contributed by atoms with van der Waals surface area (Å²) >= 11 is 5.91. The Morgan fingerprint density at radius 3 is 3.00 bits per heavy atom. The fraction of sp³-hybridized carbons (Fsp3) is 0.167. The van der Waals surface area contributed by atoms with Crippen molar-refractivity contribution in [2.24, 2.45) is 5.84 Å². The molecule has 19 heavy (non-hydrogen) atoms. The molecule has 100 valence electrons. The Kier molecular flexibility index (Phi) is 4.03. The Balaban J connectivity index is 2.00. The summed E-state index contributed by atoms with van der Waals surface area (Å²) in [6, 6.07) is 6.77. The van der Waals surface area contributed by atoms with Crippen LogP contribution in [-0.4, -0.2) is 11.1 Å². The van der Waals surface area contributed by atoms with E-state index in [1.165, 1.54) is 6.07 Å². The lowest BCUT2D eigenvalue weighted by Gasteiger charge is -2.05. The molecule has 1 heterocycles. The SMILES string of the molecule is Cc1cc(OCc2cc(C(=O)NN)no2)ccc1Cl. The Labute approximate surface area is 114 Å². The number of amides is 1. The number of halogens is 1. The number of hydrazine groups is 1. The molecule has 1 aromatic carbocycles. The highest BCUT2D eigenvalue weighted by atomic mass is 35.5. The lowest BCUT2D eigenvalue weighted by molar-refractivity contribution is 0.0944. The zero-order valence-electron chi connectivity index (χ0n) is 10.1. The summed E-state index contributed by atoms with van der Waals surface area (Å²) in [5.41, 5.74) is 2.99. The van der Waals surface area contributed by atoms with Gasteiger partial charge in [0.25, 0.3) is 5.91 Å². The fourth-order valence-electron chi connectivity index (χ4n) is 1.42. The van der Waals surface area contributed by atoms with Crippen molar-refractivity contribution in [3.63, 3.8) is 0 Å². The number of carbonyl (C=O) groups excluding carboxylic acids is 1. The van der Waals surface area contributed by atoms with E-state index in [-0.39, 0.29) is 12.3 Å². The predicted octanol–water partition coefficient (Wildman–Crippen LogP) is 1.82. The number of nitrogens with zero attached hydrogens (tertiary/aromatic N) is 1. The van der Waals surface area contributed by atoms with E-state index in [1.54, 1.807) is 12.1 Å². The van der Waals surface area contributed by atoms with E-state index in [2.05, 4.69) is 5.16 Å². The molecular weight excluding hydrogens is 270 g/mol. The van der Waals surface area contributed by atoms with Gasteiger partial charge in [0.1, 0.15) is 12.4 Å². The van der Waals surface area contributed by atoms with Gasteiger partial charge in [-0.2, -0.15) is 0 Å². The maximum Gasteiger partial charge on any atom is 0.287 e. The quantitative estimate of drug-likeness (QED) is 0.507. The van der Waals surface area contributed by atoms with Crippen LogP contribution in [0.3, 0.4) is 0 Å². The van der Waals surface area contributed by atoms with E-state index in [9.17, 15) is 4.79 Å². The molecule has 2 aromatic rings. The van der Waals surface area contributed by atoms with E-state index in [0.717, 1.165) is 5.56 Å². The molecule has 0 fully saturated rings. The van der Waals surface area contributed by atoms with Crippen LogP contribution in [-0.2, 0) is 6.61 Å². The Bertz CT molecular complexity index is 598. The molecule has 1 amide bonds. The third-order valence-electron chi connectivity index (χ3n) is 2.43. The largest absolute Gasteiger partial charge is 0.486 e. The van der Waals surface area contributed by atoms with Crippen molar-refractivity contribution in [1.29, 1.82) is 0 Å². The molecule has 0 aliphatic rings. The number of nitrogens with one attached hydrogen (secondary N) is 1. The molecule has 1 aromatic heterocycles. The summed E-state index contributed by atoms with van der Waals surface area (Å²) in [4.78, 5) is 11.2. The molecule has 0 saturated heterocycles. The van der Waals surface area contributed by atoms with Gasteiger partial charge < -0.3 is 9.26 Å². The van der Waals surface area contributed by atoms with Gasteiger partial charge in [-0.15, -0.1) is 0 Å². The molecule has 0 bridgehead atoms. The van der Waals surface area contributed by atoms with Gasteiger partial charge in [0.2, 0.25) is 0 Å². The zero-order chi connectivity index (χ0) is 13.8. The first kappa shape index (κ1) is 13.4. The summed E-state index contributed by atoms with van der Waals surface area (Å²) in [5.74, 6) is 5.55. The minimum Gasteiger partial charge on any atom is -0.486 e. The number of hydrogen-bond donors (Lipinski definition) is 2. The van der Waals surface area contributed by atoms with Gasteiger partial charge in [-0.25, -0.2) is 5.84 Å². The van der Waals surface area contributed by atoms with E-state index in [4.69, 9.17) is 26.7 Å². The molecule has 0 atom stereocenters. The molecule has 0 saturated carbocycles. The van der Waals surface area contributed by atoms with Crippen LogP contribution >= 0.6 is 11.6 Å². The average molecular weight is 282 g/mol. The van der Waals surface area contributed by atoms with Gasteiger partial charge >= 0.3 is 0 Å². The molecule has 3 N–H and O–H groups in total. The van der Waals surface area contributed by atoms with Crippen LogP contribution in [0.5, 0.6) is 5.75 Å². The topological polar surface area (TPSA) is 90.4 Å². The molecule has 0 aliphatic heterocycles. The number of ether oxygens (including phenoxy) is 1. The number of aryl methyl sites for hydroxylation is 1. The third kappa shape index (κ3) is 3.24. The normalized spacial score (nSPS) is 10.3. The van der Waals surface area contributed by atoms with Crippen molar-refractivity contribution in [3.05, 3.63) is 46.3 Å². The van der Waals surface area contributed by atoms with Gasteiger partial charge in [-0.3, -0.25) is 10.2 Å². The average Bonchev–Trinajstić information content (AvgIpc) is 2.88. The molecule has 2 rings (SSSR count). The van der Waals surface area contributed by atoms with Crippen molar-refractivity contribution in [1.82, 2.24) is 10.6 Å². The molecular formula is C12H12ClN3O3. The maximum atomic E-state index is 11.2. The van der Waals surface area contributed by atoms with Gasteiger partial charge in [-0.1, -0.05) is 16.8 Å². The number of carbonyl (C=O) groups is 1. The van der Waals surface area contributed by atoms with E-state index >= 15 is 0 Å². The van der Waals surface area contributed by atoms with Crippen molar-refractivity contribution in [3.8, 4) is 5.75 Å². The monoisotopic (exact) mass is 281 g/mol. The number of nitrogens with two attached hydrogens (primary N) is 1. The Hall–Kier alpha value is -2.05. The summed E-state index contributed by atoms with van der Waals surface area (Å²) in [5, 5.41) is 4.24. The van der Waals surface area contributed by atoms with E-state index in [1.807, 2.05) is 18.4 Å². The van der Waals surface area contributed by atoms with Crippen molar-refractivity contribution in [2.75, 3.05) is 0 Å². The van der Waals surface area contributed by atoms with Gasteiger partial charge in [0.15, 0.2) is 11.5 Å². The highest BCUT2D eigenvalue weighted by Crippen LogP contribution is 2.21. The minimum absolute atomic E-state index is 0.105. The summed E-state index contributed by atoms with van der Waals surface area (Å²) in [7, 11) is 0. The summed E-state index contributed by atoms with van der Waals surface area (Å²) in [6.45, 7) is 2.04. The predicted molar refractivity (Wildman–Crippen MR) is 68.7 cm³/mol. The number of nitrogen functional groups attached to an aromatic ring is 1. The minimum atomic E-state index is -0.516. The second-order valence-electron chi connectivity index (χ2n) is 3.85. The van der Waals surface area contributed by atoms with Crippen LogP contribution in [0.1, 0.15) is 21.8 Å². The van der Waals surface area contributed by atoms with Crippen LogP contribution in [0, 0.1) is 6.92 Å². The van der Waals surface area contributed by atoms with Gasteiger partial charge in [-0.05, 0) is 30.7 Å². The second kappa shape index (κ2) is 5.73. The Morgan fingerprint density at radius 1 is 1.53 bits per heavy atom. The van der Waals surface area contributed by atoms with Crippen LogP contribution < -0.4 is 16.0 Å². The number of benzene rings is 1. The number of hydrogen-bond acceptors (Lipinski definition) is 5. The Morgan fingerprint density at radius 2 is 2.32 bits per heavy atom. The molecule has 0 unspecified atom stereocenters. The third-order valence-corrected chi connectivity index (χ3v) is 2.86. The van der Waals surface area contributed by atoms with Gasteiger partial charge in [0.05, 0.1) is 0 Å². The molecule has 6 nitrogen and oxygen atoms in total. The standard InChI is InChI=1S/C12H12ClN3O3/c1-7-4-8(2-3-10(7)13)18-6-9-5-11(16-19-9)12(17)15-14/h2-5H,6,14H2,1H3,(H,15,17). The summed E-state index contributed by atoms with van der Waals surface area (Å²) < 4.78 is 10.4. The highest BCUT2D eigenvalue weighted by Gasteiger charge is 2.11. The molecule has 0 radical (unpaired) electrons.